The zero-order valence-corrected chi connectivity index (χ0v) is 5.15. The molecule has 0 aliphatic carbocycles. The van der Waals surface area contributed by atoms with Gasteiger partial charge in [-0.1, -0.05) is 0 Å². The molecule has 0 saturated heterocycles. The predicted molar refractivity (Wildman–Crippen MR) is 32.6 cm³/mol. The zero-order chi connectivity index (χ0) is 6.85. The highest BCUT2D eigenvalue weighted by Crippen LogP contribution is 2.04. The van der Waals surface area contributed by atoms with Gasteiger partial charge < -0.3 is 4.90 Å². The zero-order valence-electron chi connectivity index (χ0n) is 5.15. The van der Waals surface area contributed by atoms with Crippen molar-refractivity contribution in [2.24, 2.45) is 0 Å². The lowest BCUT2D eigenvalue weighted by Gasteiger charge is -2.05. The van der Waals surface area contributed by atoms with Crippen molar-refractivity contribution in [3.05, 3.63) is 22.4 Å². The highest BCUT2D eigenvalue weighted by atomic mass is 16.6. The van der Waals surface area contributed by atoms with E-state index in [9.17, 15) is 10.1 Å². The summed E-state index contributed by atoms with van der Waals surface area (Å²) >= 11 is 0. The average molecular weight is 128 g/mol. The fourth-order valence-electron chi connectivity index (χ4n) is 0.800. The van der Waals surface area contributed by atoms with E-state index in [0.29, 0.717) is 6.54 Å². The monoisotopic (exact) mass is 128 g/mol. The first kappa shape index (κ1) is 6.07. The molecule has 0 saturated carbocycles. The molecule has 4 heteroatoms. The molecular formula is C5H8N2O2. The van der Waals surface area contributed by atoms with Crippen molar-refractivity contribution in [2.75, 3.05) is 13.6 Å². The number of hydrogen-bond acceptors (Lipinski definition) is 3. The van der Waals surface area contributed by atoms with Gasteiger partial charge in [-0.2, -0.15) is 0 Å². The summed E-state index contributed by atoms with van der Waals surface area (Å²) in [6, 6.07) is -0.491. The summed E-state index contributed by atoms with van der Waals surface area (Å²) in [5, 5.41) is 10.1. The van der Waals surface area contributed by atoms with E-state index in [-0.39, 0.29) is 4.92 Å². The van der Waals surface area contributed by atoms with Crippen LogP contribution in [0, 0.1) is 10.1 Å². The SMILES string of the molecule is CN1C=CC([N+](=O)[O-])C1. The largest absolute Gasteiger partial charge is 0.373 e. The van der Waals surface area contributed by atoms with Crippen molar-refractivity contribution in [1.82, 2.24) is 4.90 Å². The molecule has 4 nitrogen and oxygen atoms in total. The van der Waals surface area contributed by atoms with Crippen LogP contribution in [0.4, 0.5) is 0 Å². The second kappa shape index (κ2) is 2.05. The Labute approximate surface area is 52.9 Å². The Bertz CT molecular complexity index is 155. The summed E-state index contributed by atoms with van der Waals surface area (Å²) in [5.74, 6) is 0. The predicted octanol–water partition coefficient (Wildman–Crippen LogP) is 0.0908. The second-order valence-corrected chi connectivity index (χ2v) is 2.13. The summed E-state index contributed by atoms with van der Waals surface area (Å²) in [6.07, 6.45) is 3.33. The van der Waals surface area contributed by atoms with Crippen LogP contribution in [0.15, 0.2) is 12.3 Å². The number of hydrogen-bond donors (Lipinski definition) is 0. The molecule has 0 N–H and O–H groups in total. The van der Waals surface area contributed by atoms with Gasteiger partial charge in [-0.25, -0.2) is 0 Å². The Morgan fingerprint density at radius 2 is 2.56 bits per heavy atom. The minimum absolute atomic E-state index is 0.278. The molecule has 1 atom stereocenters. The van der Waals surface area contributed by atoms with Gasteiger partial charge in [0.15, 0.2) is 0 Å². The van der Waals surface area contributed by atoms with Crippen LogP contribution in [0.2, 0.25) is 0 Å². The Hall–Kier alpha value is -1.06. The summed E-state index contributed by atoms with van der Waals surface area (Å²) in [5.41, 5.74) is 0. The van der Waals surface area contributed by atoms with Crippen LogP contribution in [0.5, 0.6) is 0 Å². The summed E-state index contributed by atoms with van der Waals surface area (Å²) in [4.78, 5) is 11.6. The molecule has 50 valence electrons. The Morgan fingerprint density at radius 1 is 1.89 bits per heavy atom. The highest BCUT2D eigenvalue weighted by molar-refractivity contribution is 4.97. The molecule has 0 fully saturated rings. The second-order valence-electron chi connectivity index (χ2n) is 2.13. The molecular weight excluding hydrogens is 120 g/mol. The van der Waals surface area contributed by atoms with Gasteiger partial charge >= 0.3 is 0 Å². The molecule has 0 radical (unpaired) electrons. The molecule has 0 aromatic heterocycles. The molecule has 0 spiro atoms. The van der Waals surface area contributed by atoms with Crippen molar-refractivity contribution >= 4 is 0 Å². The van der Waals surface area contributed by atoms with E-state index in [2.05, 4.69) is 0 Å². The summed E-state index contributed by atoms with van der Waals surface area (Å²) in [7, 11) is 1.82. The summed E-state index contributed by atoms with van der Waals surface area (Å²) < 4.78 is 0. The lowest BCUT2D eigenvalue weighted by atomic mass is 10.3. The maximum atomic E-state index is 10.1. The van der Waals surface area contributed by atoms with Crippen molar-refractivity contribution in [2.45, 2.75) is 6.04 Å². The maximum absolute atomic E-state index is 10.1. The van der Waals surface area contributed by atoms with E-state index in [1.807, 2.05) is 7.05 Å². The molecule has 0 aromatic carbocycles. The van der Waals surface area contributed by atoms with Crippen LogP contribution in [0.3, 0.4) is 0 Å². The Kier molecular flexibility index (Phi) is 1.38. The average Bonchev–Trinajstić information content (AvgIpc) is 2.14. The third-order valence-corrected chi connectivity index (χ3v) is 1.31. The molecule has 0 bridgehead atoms. The van der Waals surface area contributed by atoms with E-state index in [1.165, 1.54) is 0 Å². The lowest BCUT2D eigenvalue weighted by Crippen LogP contribution is -2.23. The van der Waals surface area contributed by atoms with E-state index in [1.54, 1.807) is 17.2 Å². The quantitative estimate of drug-likeness (QED) is 0.371. The molecule has 0 aromatic rings. The van der Waals surface area contributed by atoms with E-state index in [4.69, 9.17) is 0 Å². The van der Waals surface area contributed by atoms with Crippen molar-refractivity contribution in [3.8, 4) is 0 Å². The van der Waals surface area contributed by atoms with Gasteiger partial charge in [-0.05, 0) is 0 Å². The molecule has 1 heterocycles. The number of rotatable bonds is 1. The van der Waals surface area contributed by atoms with Crippen LogP contribution in [-0.4, -0.2) is 29.5 Å². The topological polar surface area (TPSA) is 46.4 Å². The van der Waals surface area contributed by atoms with Gasteiger partial charge in [0, 0.05) is 24.2 Å². The summed E-state index contributed by atoms with van der Waals surface area (Å²) in [6.45, 7) is 0.507. The van der Waals surface area contributed by atoms with Crippen LogP contribution >= 0.6 is 0 Å². The van der Waals surface area contributed by atoms with Gasteiger partial charge in [0.2, 0.25) is 6.04 Å². The lowest BCUT2D eigenvalue weighted by molar-refractivity contribution is -0.507. The molecule has 1 unspecified atom stereocenters. The molecule has 1 aliphatic rings. The first-order valence-electron chi connectivity index (χ1n) is 2.72. The van der Waals surface area contributed by atoms with Crippen molar-refractivity contribution in [3.63, 3.8) is 0 Å². The minimum atomic E-state index is -0.491. The van der Waals surface area contributed by atoms with Gasteiger partial charge in [0.05, 0.1) is 6.54 Å². The first-order valence-corrected chi connectivity index (χ1v) is 2.72. The van der Waals surface area contributed by atoms with Crippen LogP contribution in [0.25, 0.3) is 0 Å². The normalized spacial score (nSPS) is 25.0. The van der Waals surface area contributed by atoms with E-state index < -0.39 is 6.04 Å². The number of likely N-dealkylation sites (N-methyl/N-ethyl adjacent to an activating group) is 1. The van der Waals surface area contributed by atoms with E-state index in [0.717, 1.165) is 0 Å². The Balaban J connectivity index is 2.50. The fraction of sp³-hybridized carbons (Fsp3) is 0.600. The van der Waals surface area contributed by atoms with Crippen molar-refractivity contribution in [1.29, 1.82) is 0 Å². The molecule has 0 amide bonds. The van der Waals surface area contributed by atoms with Gasteiger partial charge in [-0.3, -0.25) is 10.1 Å². The fourth-order valence-corrected chi connectivity index (χ4v) is 0.800. The maximum Gasteiger partial charge on any atom is 0.250 e. The third-order valence-electron chi connectivity index (χ3n) is 1.31. The van der Waals surface area contributed by atoms with Crippen LogP contribution < -0.4 is 0 Å². The minimum Gasteiger partial charge on any atom is -0.373 e. The smallest absolute Gasteiger partial charge is 0.250 e. The van der Waals surface area contributed by atoms with Crippen LogP contribution in [0.1, 0.15) is 0 Å². The third kappa shape index (κ3) is 1.19. The number of nitro groups is 1. The Morgan fingerprint density at radius 3 is 2.78 bits per heavy atom. The van der Waals surface area contributed by atoms with Crippen LogP contribution in [-0.2, 0) is 0 Å². The van der Waals surface area contributed by atoms with Gasteiger partial charge in [0.1, 0.15) is 0 Å². The number of nitrogens with zero attached hydrogens (tertiary/aromatic N) is 2. The molecule has 1 aliphatic heterocycles. The van der Waals surface area contributed by atoms with Gasteiger partial charge in [0.25, 0.3) is 0 Å². The first-order chi connectivity index (χ1) is 4.20. The highest BCUT2D eigenvalue weighted by Gasteiger charge is 2.21. The van der Waals surface area contributed by atoms with Crippen molar-refractivity contribution < 1.29 is 4.92 Å². The van der Waals surface area contributed by atoms with Gasteiger partial charge in [-0.15, -0.1) is 0 Å². The standard InChI is InChI=1S/C5H8N2O2/c1-6-3-2-5(4-6)7(8)9/h2-3,5H,4H2,1H3. The molecule has 9 heavy (non-hydrogen) atoms. The van der Waals surface area contributed by atoms with E-state index >= 15 is 0 Å². The molecule has 1 rings (SSSR count).